The van der Waals surface area contributed by atoms with Crippen molar-refractivity contribution in [1.29, 1.82) is 0 Å². The first-order chi connectivity index (χ1) is 14.5. The highest BCUT2D eigenvalue weighted by atomic mass is 79.9. The first-order valence-corrected chi connectivity index (χ1v) is 9.28. The van der Waals surface area contributed by atoms with Gasteiger partial charge in [0.25, 0.3) is 11.4 Å². The van der Waals surface area contributed by atoms with Crippen LogP contribution in [0.15, 0.2) is 33.2 Å². The number of hydrogen-bond acceptors (Lipinski definition) is 6. The van der Waals surface area contributed by atoms with Gasteiger partial charge in [0.15, 0.2) is 0 Å². The topological polar surface area (TPSA) is 108 Å². The highest BCUT2D eigenvalue weighted by Gasteiger charge is 2.44. The Morgan fingerprint density at radius 3 is 2.00 bits per heavy atom. The molecule has 0 bridgehead atoms. The molecule has 1 N–H and O–H groups in total. The Morgan fingerprint density at radius 2 is 1.53 bits per heavy atom. The Bertz CT molecular complexity index is 1080. The van der Waals surface area contributed by atoms with Crippen molar-refractivity contribution in [3.05, 3.63) is 59.0 Å². The minimum atomic E-state index is -5.32. The zero-order chi connectivity index (χ0) is 24.6. The number of alkyl halides is 7. The number of nitro benzene ring substituents is 2. The third-order valence-electron chi connectivity index (χ3n) is 3.60. The second-order valence-corrected chi connectivity index (χ2v) is 7.46. The summed E-state index contributed by atoms with van der Waals surface area (Å²) < 4.78 is 95.2. The lowest BCUT2D eigenvalue weighted by Crippen LogP contribution is -2.33. The molecule has 0 spiro atoms. The molecule has 0 fully saturated rings. The van der Waals surface area contributed by atoms with Crippen LogP contribution in [0.25, 0.3) is 0 Å². The van der Waals surface area contributed by atoms with Crippen molar-refractivity contribution in [2.24, 2.45) is 0 Å². The van der Waals surface area contributed by atoms with Gasteiger partial charge in [0.1, 0.15) is 11.4 Å². The van der Waals surface area contributed by atoms with Gasteiger partial charge < -0.3 is 10.1 Å². The molecule has 2 aromatic carbocycles. The zero-order valence-electron chi connectivity index (χ0n) is 14.7. The molecule has 0 aromatic heterocycles. The lowest BCUT2D eigenvalue weighted by Gasteiger charge is -2.20. The maximum atomic E-state index is 13.5. The zero-order valence-corrected chi connectivity index (χ0v) is 17.9. The lowest BCUT2D eigenvalue weighted by atomic mass is 10.1. The molecule has 0 saturated heterocycles. The fourth-order valence-corrected chi connectivity index (χ4v) is 3.42. The number of anilines is 2. The number of nitro groups is 2. The SMILES string of the molecule is O=[N+]([O-])c1cc([N+](=O)[O-])c(Nc2cc(OC(F)(F)C(F)F)c(Br)cc2Br)c(C(F)(F)F)c1. The van der Waals surface area contributed by atoms with Crippen molar-refractivity contribution in [3.8, 4) is 5.75 Å². The molecular formula is C15H6Br2F7N3O5. The summed E-state index contributed by atoms with van der Waals surface area (Å²) >= 11 is 5.63. The van der Waals surface area contributed by atoms with E-state index in [0.717, 1.165) is 6.07 Å². The Labute approximate surface area is 188 Å². The summed E-state index contributed by atoms with van der Waals surface area (Å²) in [5.74, 6) is -0.945. The van der Waals surface area contributed by atoms with E-state index in [4.69, 9.17) is 0 Å². The average Bonchev–Trinajstić information content (AvgIpc) is 2.63. The van der Waals surface area contributed by atoms with Crippen LogP contribution in [0.4, 0.5) is 53.5 Å². The molecule has 0 aliphatic heterocycles. The number of halogens is 9. The Balaban J connectivity index is 2.69. The van der Waals surface area contributed by atoms with Gasteiger partial charge in [0.05, 0.1) is 31.6 Å². The number of rotatable bonds is 7. The number of nitrogens with zero attached hydrogens (tertiary/aromatic N) is 2. The van der Waals surface area contributed by atoms with Crippen molar-refractivity contribution < 1.29 is 45.3 Å². The summed E-state index contributed by atoms with van der Waals surface area (Å²) in [6.07, 6.45) is -14.5. The predicted molar refractivity (Wildman–Crippen MR) is 101 cm³/mol. The number of non-ortho nitro benzene ring substituents is 1. The van der Waals surface area contributed by atoms with E-state index in [2.05, 4.69) is 36.6 Å². The van der Waals surface area contributed by atoms with Crippen LogP contribution < -0.4 is 10.1 Å². The fraction of sp³-hybridized carbons (Fsp3) is 0.200. The van der Waals surface area contributed by atoms with Crippen molar-refractivity contribution in [2.45, 2.75) is 18.7 Å². The van der Waals surface area contributed by atoms with Crippen LogP contribution in [0.2, 0.25) is 0 Å². The van der Waals surface area contributed by atoms with E-state index in [-0.39, 0.29) is 21.1 Å². The van der Waals surface area contributed by atoms with Gasteiger partial charge in [-0.05, 0) is 37.9 Å². The summed E-state index contributed by atoms with van der Waals surface area (Å²) in [5, 5.41) is 24.1. The van der Waals surface area contributed by atoms with Crippen molar-refractivity contribution in [2.75, 3.05) is 5.32 Å². The van der Waals surface area contributed by atoms with E-state index in [1.54, 1.807) is 0 Å². The molecule has 2 aromatic rings. The lowest BCUT2D eigenvalue weighted by molar-refractivity contribution is -0.394. The van der Waals surface area contributed by atoms with Crippen molar-refractivity contribution in [3.63, 3.8) is 0 Å². The van der Waals surface area contributed by atoms with Gasteiger partial charge >= 0.3 is 18.7 Å². The molecule has 0 atom stereocenters. The molecule has 0 saturated carbocycles. The Morgan fingerprint density at radius 1 is 0.938 bits per heavy atom. The van der Waals surface area contributed by atoms with E-state index >= 15 is 0 Å². The maximum absolute atomic E-state index is 13.5. The molecule has 0 aliphatic carbocycles. The fourth-order valence-electron chi connectivity index (χ4n) is 2.25. The summed E-state index contributed by atoms with van der Waals surface area (Å²) in [6, 6.07) is 1.79. The van der Waals surface area contributed by atoms with Gasteiger partial charge in [-0.3, -0.25) is 20.2 Å². The van der Waals surface area contributed by atoms with Crippen molar-refractivity contribution in [1.82, 2.24) is 0 Å². The van der Waals surface area contributed by atoms with Gasteiger partial charge in [-0.15, -0.1) is 0 Å². The largest absolute Gasteiger partial charge is 0.461 e. The molecule has 0 amide bonds. The molecule has 0 aliphatic rings. The van der Waals surface area contributed by atoms with Crippen LogP contribution in [-0.4, -0.2) is 22.4 Å². The average molecular weight is 601 g/mol. The number of nitrogens with one attached hydrogen (secondary N) is 1. The standard InChI is InChI=1S/C15H6Br2F7N3O5/c16-7-3-8(17)11(32-15(23,24)13(18)19)4-9(7)25-12-6(14(20,21)22)1-5(26(28)29)2-10(12)27(30)31/h1-4,13,25H. The van der Waals surface area contributed by atoms with Gasteiger partial charge in [0, 0.05) is 16.6 Å². The van der Waals surface area contributed by atoms with Gasteiger partial charge in [0.2, 0.25) is 0 Å². The van der Waals surface area contributed by atoms with Gasteiger partial charge in [-0.1, -0.05) is 0 Å². The first-order valence-electron chi connectivity index (χ1n) is 7.69. The van der Waals surface area contributed by atoms with E-state index < -0.39 is 62.6 Å². The third kappa shape index (κ3) is 5.56. The monoisotopic (exact) mass is 599 g/mol. The van der Waals surface area contributed by atoms with E-state index in [0.29, 0.717) is 6.07 Å². The first kappa shape index (κ1) is 25.6. The molecule has 0 heterocycles. The Kier molecular flexibility index (Phi) is 7.23. The van der Waals surface area contributed by atoms with E-state index in [1.165, 1.54) is 0 Å². The predicted octanol–water partition coefficient (Wildman–Crippen LogP) is 7.03. The molecule has 8 nitrogen and oxygen atoms in total. The van der Waals surface area contributed by atoms with Crippen LogP contribution in [0.5, 0.6) is 5.75 Å². The third-order valence-corrected chi connectivity index (χ3v) is 4.87. The van der Waals surface area contributed by atoms with Crippen LogP contribution in [0.3, 0.4) is 0 Å². The van der Waals surface area contributed by atoms with Gasteiger partial charge in [-0.25, -0.2) is 0 Å². The smallest absolute Gasteiger partial charge is 0.427 e. The van der Waals surface area contributed by atoms with E-state index in [1.807, 2.05) is 5.32 Å². The number of ether oxygens (including phenoxy) is 1. The normalized spacial score (nSPS) is 12.1. The molecule has 32 heavy (non-hydrogen) atoms. The highest BCUT2D eigenvalue weighted by molar-refractivity contribution is 9.11. The maximum Gasteiger partial charge on any atom is 0.461 e. The highest BCUT2D eigenvalue weighted by Crippen LogP contribution is 2.46. The molecule has 174 valence electrons. The number of benzene rings is 2. The van der Waals surface area contributed by atoms with Gasteiger partial charge in [-0.2, -0.15) is 30.7 Å². The summed E-state index contributed by atoms with van der Waals surface area (Å²) in [5.41, 5.74) is -6.21. The second-order valence-electron chi connectivity index (χ2n) is 5.75. The summed E-state index contributed by atoms with van der Waals surface area (Å²) in [6.45, 7) is 0. The van der Waals surface area contributed by atoms with Crippen LogP contribution in [0.1, 0.15) is 5.56 Å². The minimum Gasteiger partial charge on any atom is -0.427 e. The quantitative estimate of drug-likeness (QED) is 0.208. The van der Waals surface area contributed by atoms with E-state index in [9.17, 15) is 51.0 Å². The molecule has 17 heteroatoms. The van der Waals surface area contributed by atoms with Crippen molar-refractivity contribution >= 4 is 54.6 Å². The molecular weight excluding hydrogens is 595 g/mol. The number of hydrogen-bond donors (Lipinski definition) is 1. The summed E-state index contributed by atoms with van der Waals surface area (Å²) in [4.78, 5) is 19.6. The van der Waals surface area contributed by atoms with Crippen LogP contribution in [-0.2, 0) is 6.18 Å². The minimum absolute atomic E-state index is 0.0322. The van der Waals surface area contributed by atoms with Crippen LogP contribution in [0, 0.1) is 20.2 Å². The Hall–Kier alpha value is -2.69. The van der Waals surface area contributed by atoms with Crippen LogP contribution >= 0.6 is 31.9 Å². The molecule has 0 unspecified atom stereocenters. The molecule has 0 radical (unpaired) electrons. The second kappa shape index (κ2) is 9.05. The summed E-state index contributed by atoms with van der Waals surface area (Å²) in [7, 11) is 0. The molecule has 2 rings (SSSR count).